The van der Waals surface area contributed by atoms with Crippen molar-refractivity contribution in [2.24, 2.45) is 4.99 Å². The van der Waals surface area contributed by atoms with E-state index >= 15 is 0 Å². The number of carbonyl (C=O) groups excluding carboxylic acids is 1. The second-order valence-corrected chi connectivity index (χ2v) is 9.77. The molecule has 0 bridgehead atoms. The summed E-state index contributed by atoms with van der Waals surface area (Å²) in [6.45, 7) is 2.74. The summed E-state index contributed by atoms with van der Waals surface area (Å²) in [5, 5.41) is 3.85. The summed E-state index contributed by atoms with van der Waals surface area (Å²) in [6.07, 6.45) is 1.78. The van der Waals surface area contributed by atoms with E-state index in [0.717, 1.165) is 14.7 Å². The van der Waals surface area contributed by atoms with Gasteiger partial charge < -0.3 is 14.8 Å². The van der Waals surface area contributed by atoms with E-state index in [0.29, 0.717) is 45.5 Å². The van der Waals surface area contributed by atoms with Crippen LogP contribution in [0.15, 0.2) is 70.6 Å². The zero-order chi connectivity index (χ0) is 24.1. The van der Waals surface area contributed by atoms with Crippen LogP contribution < -0.4 is 14.8 Å². The van der Waals surface area contributed by atoms with Crippen LogP contribution in [-0.4, -0.2) is 17.7 Å². The highest BCUT2D eigenvalue weighted by molar-refractivity contribution is 14.1. The molecule has 0 aliphatic carbocycles. The average molecular weight is 609 g/mol. The minimum atomic E-state index is -0.340. The van der Waals surface area contributed by atoms with Crippen molar-refractivity contribution < 1.29 is 18.7 Å². The molecule has 1 saturated heterocycles. The highest BCUT2D eigenvalue weighted by Crippen LogP contribution is 2.37. The van der Waals surface area contributed by atoms with Gasteiger partial charge in [-0.25, -0.2) is 9.38 Å². The normalized spacial score (nSPS) is 15.6. The van der Waals surface area contributed by atoms with E-state index in [1.165, 1.54) is 23.9 Å². The molecule has 174 valence electrons. The lowest BCUT2D eigenvalue weighted by Gasteiger charge is -2.15. The first-order valence-electron chi connectivity index (χ1n) is 10.3. The molecule has 5 nitrogen and oxygen atoms in total. The number of hydrogen-bond acceptors (Lipinski definition) is 5. The largest absolute Gasteiger partial charge is 0.490 e. The quantitative estimate of drug-likeness (QED) is 0.233. The van der Waals surface area contributed by atoms with Gasteiger partial charge in [0, 0.05) is 5.02 Å². The predicted molar refractivity (Wildman–Crippen MR) is 143 cm³/mol. The van der Waals surface area contributed by atoms with E-state index in [2.05, 4.69) is 32.9 Å². The maximum absolute atomic E-state index is 13.1. The van der Waals surface area contributed by atoms with Crippen molar-refractivity contribution in [2.75, 3.05) is 6.61 Å². The fourth-order valence-corrected chi connectivity index (χ4v) is 4.82. The molecular weight excluding hydrogens is 590 g/mol. The molecule has 0 radical (unpaired) electrons. The van der Waals surface area contributed by atoms with Crippen LogP contribution >= 0.6 is 46.0 Å². The minimum Gasteiger partial charge on any atom is -0.490 e. The first-order valence-corrected chi connectivity index (χ1v) is 12.6. The Kier molecular flexibility index (Phi) is 8.12. The van der Waals surface area contributed by atoms with Crippen LogP contribution in [0.2, 0.25) is 5.02 Å². The average Bonchev–Trinajstić information content (AvgIpc) is 3.14. The summed E-state index contributed by atoms with van der Waals surface area (Å²) < 4.78 is 25.8. The molecule has 1 aliphatic heterocycles. The lowest BCUT2D eigenvalue weighted by Crippen LogP contribution is -2.19. The second kappa shape index (κ2) is 11.2. The van der Waals surface area contributed by atoms with Gasteiger partial charge in [-0.1, -0.05) is 23.7 Å². The van der Waals surface area contributed by atoms with Gasteiger partial charge in [0.25, 0.3) is 5.91 Å². The molecule has 1 fully saturated rings. The first-order chi connectivity index (χ1) is 16.4. The Hall–Kier alpha value is -2.56. The Bertz CT molecular complexity index is 1260. The van der Waals surface area contributed by atoms with Crippen molar-refractivity contribution >= 4 is 68.8 Å². The summed E-state index contributed by atoms with van der Waals surface area (Å²) in [4.78, 5) is 17.3. The Labute approximate surface area is 219 Å². The number of thioether (sulfide) groups is 1. The van der Waals surface area contributed by atoms with Gasteiger partial charge in [-0.15, -0.1) is 0 Å². The van der Waals surface area contributed by atoms with Gasteiger partial charge in [0.2, 0.25) is 0 Å². The van der Waals surface area contributed by atoms with Crippen LogP contribution in [0.25, 0.3) is 6.08 Å². The molecule has 9 heteroatoms. The molecular formula is C25H19ClFIN2O3S. The lowest BCUT2D eigenvalue weighted by molar-refractivity contribution is -0.115. The SMILES string of the molecule is CCOc1cc(/C=C2/SC(=Nc3ccc(F)cc3)NC2=O)cc(I)c1OCc1ccc(Cl)cc1. The summed E-state index contributed by atoms with van der Waals surface area (Å²) in [5.41, 5.74) is 2.34. The number of amides is 1. The Balaban J connectivity index is 1.54. The number of aliphatic imine (C=N–C) groups is 1. The lowest BCUT2D eigenvalue weighted by atomic mass is 10.2. The van der Waals surface area contributed by atoms with E-state index < -0.39 is 0 Å². The van der Waals surface area contributed by atoms with E-state index in [4.69, 9.17) is 21.1 Å². The van der Waals surface area contributed by atoms with Crippen molar-refractivity contribution in [1.82, 2.24) is 5.32 Å². The highest BCUT2D eigenvalue weighted by atomic mass is 127. The molecule has 0 saturated carbocycles. The number of nitrogens with one attached hydrogen (secondary N) is 1. The molecule has 1 amide bonds. The zero-order valence-corrected chi connectivity index (χ0v) is 21.7. The summed E-state index contributed by atoms with van der Waals surface area (Å²) >= 11 is 9.37. The van der Waals surface area contributed by atoms with E-state index in [1.54, 1.807) is 18.2 Å². The highest BCUT2D eigenvalue weighted by Gasteiger charge is 2.24. The van der Waals surface area contributed by atoms with Crippen LogP contribution in [0.5, 0.6) is 11.5 Å². The number of halogens is 3. The monoisotopic (exact) mass is 608 g/mol. The van der Waals surface area contributed by atoms with Crippen molar-refractivity contribution in [3.8, 4) is 11.5 Å². The Morgan fingerprint density at radius 2 is 1.85 bits per heavy atom. The number of carbonyl (C=O) groups is 1. The van der Waals surface area contributed by atoms with Crippen LogP contribution in [0.3, 0.4) is 0 Å². The molecule has 0 spiro atoms. The van der Waals surface area contributed by atoms with E-state index in [-0.39, 0.29) is 11.7 Å². The topological polar surface area (TPSA) is 59.9 Å². The number of rotatable bonds is 7. The third-order valence-electron chi connectivity index (χ3n) is 4.63. The van der Waals surface area contributed by atoms with Crippen LogP contribution in [0.4, 0.5) is 10.1 Å². The van der Waals surface area contributed by atoms with Crippen LogP contribution in [0.1, 0.15) is 18.1 Å². The van der Waals surface area contributed by atoms with Gasteiger partial charge in [-0.2, -0.15) is 0 Å². The number of hydrogen-bond donors (Lipinski definition) is 1. The number of benzene rings is 3. The molecule has 1 heterocycles. The molecule has 3 aromatic carbocycles. The zero-order valence-electron chi connectivity index (χ0n) is 18.0. The third-order valence-corrected chi connectivity index (χ3v) is 6.60. The van der Waals surface area contributed by atoms with Crippen molar-refractivity contribution in [3.05, 3.63) is 91.1 Å². The van der Waals surface area contributed by atoms with Gasteiger partial charge in [0.1, 0.15) is 12.4 Å². The Morgan fingerprint density at radius 1 is 1.12 bits per heavy atom. The summed E-state index contributed by atoms with van der Waals surface area (Å²) in [6, 6.07) is 17.0. The van der Waals surface area contributed by atoms with Gasteiger partial charge in [0.05, 0.1) is 20.8 Å². The summed E-state index contributed by atoms with van der Waals surface area (Å²) in [5.74, 6) is 0.648. The predicted octanol–water partition coefficient (Wildman–Crippen LogP) is 6.95. The van der Waals surface area contributed by atoms with Crippen molar-refractivity contribution in [3.63, 3.8) is 0 Å². The second-order valence-electron chi connectivity index (χ2n) is 7.14. The van der Waals surface area contributed by atoms with Crippen LogP contribution in [-0.2, 0) is 11.4 Å². The van der Waals surface area contributed by atoms with Gasteiger partial charge >= 0.3 is 0 Å². The Morgan fingerprint density at radius 3 is 2.56 bits per heavy atom. The fraction of sp³-hybridized carbons (Fsp3) is 0.120. The maximum atomic E-state index is 13.1. The molecule has 0 atom stereocenters. The van der Waals surface area contributed by atoms with E-state index in [9.17, 15) is 9.18 Å². The van der Waals surface area contributed by atoms with E-state index in [1.807, 2.05) is 43.3 Å². The third kappa shape index (κ3) is 6.31. The van der Waals surface area contributed by atoms with Gasteiger partial charge in [0.15, 0.2) is 16.7 Å². The van der Waals surface area contributed by atoms with Crippen LogP contribution in [0, 0.1) is 9.39 Å². The molecule has 4 rings (SSSR count). The van der Waals surface area contributed by atoms with Crippen molar-refractivity contribution in [1.29, 1.82) is 0 Å². The number of nitrogens with zero attached hydrogens (tertiary/aromatic N) is 1. The molecule has 1 N–H and O–H groups in total. The molecule has 0 aromatic heterocycles. The maximum Gasteiger partial charge on any atom is 0.264 e. The minimum absolute atomic E-state index is 0.248. The standard InChI is InChI=1S/C25H19ClFIN2O3S/c1-2-32-21-12-16(11-20(28)23(21)33-14-15-3-5-17(26)6-4-15)13-22-24(31)30-25(34-22)29-19-9-7-18(27)8-10-19/h3-13H,2,14H2,1H3,(H,29,30,31)/b22-13+. The molecule has 0 unspecified atom stereocenters. The smallest absolute Gasteiger partial charge is 0.264 e. The van der Waals surface area contributed by atoms with Gasteiger partial charge in [-0.3, -0.25) is 4.79 Å². The number of ether oxygens (including phenoxy) is 2. The van der Waals surface area contributed by atoms with Gasteiger partial charge in [-0.05, 0) is 107 Å². The fourth-order valence-electron chi connectivity index (χ4n) is 3.08. The van der Waals surface area contributed by atoms with Crippen molar-refractivity contribution in [2.45, 2.75) is 13.5 Å². The molecule has 3 aromatic rings. The summed E-state index contributed by atoms with van der Waals surface area (Å²) in [7, 11) is 0. The molecule has 34 heavy (non-hydrogen) atoms. The number of amidine groups is 1. The first kappa shape index (κ1) is 24.6. The molecule has 1 aliphatic rings.